The van der Waals surface area contributed by atoms with Crippen molar-refractivity contribution >= 4 is 56.2 Å². The standard InChI is InChI=1S/C20H16INO/c1-2-14-8-3-5-11-17(14)22(21)18-12-7-10-16-15-9-4-6-13-19(15)23-20(16)18/h3-13H,2H2,1H3. The smallest absolute Gasteiger partial charge is 0.159 e. The molecule has 1 aromatic heterocycles. The lowest BCUT2D eigenvalue weighted by molar-refractivity contribution is 0.669. The van der Waals surface area contributed by atoms with E-state index in [9.17, 15) is 0 Å². The molecule has 0 saturated carbocycles. The SMILES string of the molecule is CCc1ccccc1N(I)c1cccc2c1oc1ccccc12. The van der Waals surface area contributed by atoms with Gasteiger partial charge in [-0.2, -0.15) is 0 Å². The average molecular weight is 413 g/mol. The van der Waals surface area contributed by atoms with Crippen LogP contribution in [0.25, 0.3) is 21.9 Å². The molecule has 2 nitrogen and oxygen atoms in total. The number of anilines is 2. The first-order valence-corrected chi connectivity index (χ1v) is 8.70. The second-order valence-electron chi connectivity index (χ2n) is 5.52. The summed E-state index contributed by atoms with van der Waals surface area (Å²) in [6.07, 6.45) is 1.01. The Morgan fingerprint density at radius 1 is 0.826 bits per heavy atom. The summed E-state index contributed by atoms with van der Waals surface area (Å²) in [5, 5.41) is 2.33. The molecule has 0 N–H and O–H groups in total. The van der Waals surface area contributed by atoms with Crippen LogP contribution in [0.3, 0.4) is 0 Å². The van der Waals surface area contributed by atoms with Crippen molar-refractivity contribution in [3.8, 4) is 0 Å². The minimum absolute atomic E-state index is 0.934. The van der Waals surface area contributed by atoms with Crippen LogP contribution in [-0.2, 0) is 6.42 Å². The molecule has 0 saturated heterocycles. The number of hydrogen-bond acceptors (Lipinski definition) is 2. The molecule has 4 aromatic rings. The summed E-state index contributed by atoms with van der Waals surface area (Å²) in [4.78, 5) is 0. The minimum Gasteiger partial charge on any atom is -0.454 e. The summed E-state index contributed by atoms with van der Waals surface area (Å²) in [5.74, 6) is 0. The van der Waals surface area contributed by atoms with Crippen LogP contribution in [0, 0.1) is 0 Å². The van der Waals surface area contributed by atoms with Gasteiger partial charge in [0.15, 0.2) is 5.58 Å². The Labute approximate surface area is 149 Å². The van der Waals surface area contributed by atoms with Crippen molar-refractivity contribution in [3.63, 3.8) is 0 Å². The number of fused-ring (bicyclic) bond motifs is 3. The second kappa shape index (κ2) is 5.89. The highest BCUT2D eigenvalue weighted by atomic mass is 127. The Hall–Kier alpha value is -2.01. The summed E-state index contributed by atoms with van der Waals surface area (Å²) >= 11 is 2.37. The van der Waals surface area contributed by atoms with Crippen LogP contribution in [-0.4, -0.2) is 0 Å². The topological polar surface area (TPSA) is 16.4 Å². The molecule has 114 valence electrons. The summed E-state index contributed by atoms with van der Waals surface area (Å²) in [7, 11) is 0. The monoisotopic (exact) mass is 413 g/mol. The molecular weight excluding hydrogens is 397 g/mol. The zero-order valence-corrected chi connectivity index (χ0v) is 14.9. The Morgan fingerprint density at radius 3 is 2.39 bits per heavy atom. The molecule has 0 atom stereocenters. The van der Waals surface area contributed by atoms with Crippen molar-refractivity contribution < 1.29 is 4.42 Å². The van der Waals surface area contributed by atoms with Gasteiger partial charge in [-0.05, 0) is 30.2 Å². The van der Waals surface area contributed by atoms with Gasteiger partial charge in [-0.1, -0.05) is 55.5 Å². The molecule has 0 spiro atoms. The van der Waals surface area contributed by atoms with Crippen LogP contribution >= 0.6 is 22.9 Å². The lowest BCUT2D eigenvalue weighted by atomic mass is 10.1. The van der Waals surface area contributed by atoms with Crippen molar-refractivity contribution in [2.75, 3.05) is 3.11 Å². The Kier molecular flexibility index (Phi) is 3.73. The van der Waals surface area contributed by atoms with Crippen LogP contribution in [0.2, 0.25) is 0 Å². The molecule has 0 aliphatic heterocycles. The predicted octanol–water partition coefficient (Wildman–Crippen LogP) is 6.64. The summed E-state index contributed by atoms with van der Waals surface area (Å²) < 4.78 is 8.35. The van der Waals surface area contributed by atoms with Crippen LogP contribution in [0.1, 0.15) is 12.5 Å². The summed E-state index contributed by atoms with van der Waals surface area (Å²) in [5.41, 5.74) is 5.50. The number of hydrogen-bond donors (Lipinski definition) is 0. The van der Waals surface area contributed by atoms with Gasteiger partial charge in [-0.25, -0.2) is 0 Å². The van der Waals surface area contributed by atoms with Crippen LogP contribution in [0.5, 0.6) is 0 Å². The summed E-state index contributed by atoms with van der Waals surface area (Å²) in [6, 6.07) is 23.1. The number of benzene rings is 3. The number of nitrogens with zero attached hydrogens (tertiary/aromatic N) is 1. The van der Waals surface area contributed by atoms with Crippen molar-refractivity contribution in [2.45, 2.75) is 13.3 Å². The van der Waals surface area contributed by atoms with E-state index >= 15 is 0 Å². The first-order valence-electron chi connectivity index (χ1n) is 7.73. The van der Waals surface area contributed by atoms with E-state index in [-0.39, 0.29) is 0 Å². The molecule has 0 unspecified atom stereocenters. The molecule has 0 radical (unpaired) electrons. The van der Waals surface area contributed by atoms with E-state index < -0.39 is 0 Å². The molecule has 23 heavy (non-hydrogen) atoms. The van der Waals surface area contributed by atoms with Crippen molar-refractivity contribution in [1.29, 1.82) is 0 Å². The molecule has 3 aromatic carbocycles. The van der Waals surface area contributed by atoms with Gasteiger partial charge in [0, 0.05) is 10.8 Å². The zero-order valence-electron chi connectivity index (χ0n) is 12.8. The van der Waals surface area contributed by atoms with Crippen LogP contribution < -0.4 is 3.11 Å². The van der Waals surface area contributed by atoms with Gasteiger partial charge in [-0.15, -0.1) is 0 Å². The maximum absolute atomic E-state index is 6.15. The van der Waals surface area contributed by atoms with E-state index in [1.165, 1.54) is 11.3 Å². The van der Waals surface area contributed by atoms with E-state index in [4.69, 9.17) is 4.42 Å². The largest absolute Gasteiger partial charge is 0.454 e. The van der Waals surface area contributed by atoms with E-state index in [2.05, 4.69) is 87.5 Å². The van der Waals surface area contributed by atoms with E-state index in [0.29, 0.717) is 0 Å². The molecular formula is C20H16INO. The minimum atomic E-state index is 0.934. The van der Waals surface area contributed by atoms with Crippen LogP contribution in [0.4, 0.5) is 11.4 Å². The van der Waals surface area contributed by atoms with Gasteiger partial charge < -0.3 is 4.42 Å². The van der Waals surface area contributed by atoms with Gasteiger partial charge in [0.25, 0.3) is 0 Å². The van der Waals surface area contributed by atoms with Crippen molar-refractivity contribution in [3.05, 3.63) is 72.3 Å². The first kappa shape index (κ1) is 14.6. The Morgan fingerprint density at radius 2 is 1.52 bits per heavy atom. The molecule has 3 heteroatoms. The van der Waals surface area contributed by atoms with Gasteiger partial charge >= 0.3 is 0 Å². The number of rotatable bonds is 3. The predicted molar refractivity (Wildman–Crippen MR) is 106 cm³/mol. The van der Waals surface area contributed by atoms with Crippen molar-refractivity contribution in [2.24, 2.45) is 0 Å². The van der Waals surface area contributed by atoms with Gasteiger partial charge in [-0.3, -0.25) is 3.11 Å². The van der Waals surface area contributed by atoms with Gasteiger partial charge in [0.1, 0.15) is 5.58 Å². The number of aryl methyl sites for hydroxylation is 1. The van der Waals surface area contributed by atoms with Gasteiger partial charge in [0.2, 0.25) is 0 Å². The molecule has 0 aliphatic carbocycles. The number of halogens is 1. The highest BCUT2D eigenvalue weighted by Gasteiger charge is 2.16. The molecule has 1 heterocycles. The Bertz CT molecular complexity index is 989. The normalized spacial score (nSPS) is 11.2. The van der Waals surface area contributed by atoms with Gasteiger partial charge in [0.05, 0.1) is 34.2 Å². The average Bonchev–Trinajstić information content (AvgIpc) is 3.00. The van der Waals surface area contributed by atoms with E-state index in [0.717, 1.165) is 34.0 Å². The molecule has 4 rings (SSSR count). The van der Waals surface area contributed by atoms with E-state index in [1.807, 2.05) is 12.1 Å². The van der Waals surface area contributed by atoms with E-state index in [1.54, 1.807) is 0 Å². The molecule has 0 amide bonds. The number of furan rings is 1. The third kappa shape index (κ3) is 2.39. The highest BCUT2D eigenvalue weighted by molar-refractivity contribution is 14.1. The Balaban J connectivity index is 1.95. The highest BCUT2D eigenvalue weighted by Crippen LogP contribution is 2.40. The number of para-hydroxylation sites is 3. The quantitative estimate of drug-likeness (QED) is 0.277. The van der Waals surface area contributed by atoms with Crippen molar-refractivity contribution in [1.82, 2.24) is 0 Å². The summed E-state index contributed by atoms with van der Waals surface area (Å²) in [6.45, 7) is 2.19. The lowest BCUT2D eigenvalue weighted by Gasteiger charge is -2.20. The fourth-order valence-electron chi connectivity index (χ4n) is 3.02. The fourth-order valence-corrected chi connectivity index (χ4v) is 3.87. The molecule has 0 fully saturated rings. The fraction of sp³-hybridized carbons (Fsp3) is 0.100. The zero-order chi connectivity index (χ0) is 15.8. The first-order chi connectivity index (χ1) is 11.3. The maximum atomic E-state index is 6.15. The third-order valence-corrected chi connectivity index (χ3v) is 5.22. The molecule has 0 bridgehead atoms. The molecule has 0 aliphatic rings. The second-order valence-corrected chi connectivity index (χ2v) is 6.48. The lowest BCUT2D eigenvalue weighted by Crippen LogP contribution is -2.04. The van der Waals surface area contributed by atoms with Crippen LogP contribution in [0.15, 0.2) is 71.1 Å². The third-order valence-electron chi connectivity index (χ3n) is 4.18. The maximum Gasteiger partial charge on any atom is 0.159 e.